The van der Waals surface area contributed by atoms with Gasteiger partial charge in [0, 0.05) is 36.9 Å². The highest BCUT2D eigenvalue weighted by Gasteiger charge is 2.29. The van der Waals surface area contributed by atoms with Crippen LogP contribution in [0.5, 0.6) is 0 Å². The fraction of sp³-hybridized carbons (Fsp3) is 0.500. The van der Waals surface area contributed by atoms with Crippen molar-refractivity contribution in [2.45, 2.75) is 46.1 Å². The van der Waals surface area contributed by atoms with E-state index in [1.165, 1.54) is 6.42 Å². The monoisotopic (exact) mass is 365 g/mol. The summed E-state index contributed by atoms with van der Waals surface area (Å²) in [6, 6.07) is 6.51. The largest absolute Gasteiger partial charge is 0.398 e. The van der Waals surface area contributed by atoms with E-state index in [9.17, 15) is 0 Å². The molecule has 2 heterocycles. The van der Waals surface area contributed by atoms with Crippen molar-refractivity contribution in [3.05, 3.63) is 51.9 Å². The molecule has 0 bridgehead atoms. The van der Waals surface area contributed by atoms with Gasteiger partial charge in [-0.15, -0.1) is 0 Å². The van der Waals surface area contributed by atoms with Crippen LogP contribution in [0.3, 0.4) is 0 Å². The average molecular weight is 366 g/mol. The van der Waals surface area contributed by atoms with E-state index < -0.39 is 0 Å². The Morgan fingerprint density at radius 2 is 2.00 bits per heavy atom. The Balaban J connectivity index is 1.89. The highest BCUT2D eigenvalue weighted by molar-refractivity contribution is 5.71. The molecule has 3 rings (SSSR count). The van der Waals surface area contributed by atoms with Gasteiger partial charge < -0.3 is 21.3 Å². The van der Waals surface area contributed by atoms with Crippen LogP contribution in [0.4, 0.5) is 0 Å². The molecule has 2 aliphatic heterocycles. The predicted molar refractivity (Wildman–Crippen MR) is 110 cm³/mol. The van der Waals surface area contributed by atoms with Crippen molar-refractivity contribution >= 4 is 5.70 Å². The Labute approximate surface area is 162 Å². The summed E-state index contributed by atoms with van der Waals surface area (Å²) in [6.45, 7) is 10.6. The predicted octanol–water partition coefficient (Wildman–Crippen LogP) is 2.84. The molecule has 1 fully saturated rings. The number of nitriles is 1. The molecule has 27 heavy (non-hydrogen) atoms. The van der Waals surface area contributed by atoms with Crippen LogP contribution in [0.15, 0.2) is 29.6 Å². The minimum absolute atomic E-state index is 0.508. The van der Waals surface area contributed by atoms with Crippen LogP contribution in [0.2, 0.25) is 0 Å². The number of nitrogens with zero attached hydrogens (tertiary/aromatic N) is 3. The van der Waals surface area contributed by atoms with Crippen LogP contribution in [-0.2, 0) is 0 Å². The van der Waals surface area contributed by atoms with Crippen molar-refractivity contribution in [2.75, 3.05) is 26.2 Å². The van der Waals surface area contributed by atoms with Gasteiger partial charge in [-0.25, -0.2) is 0 Å². The van der Waals surface area contributed by atoms with Crippen LogP contribution in [0, 0.1) is 25.2 Å². The van der Waals surface area contributed by atoms with E-state index in [0.717, 1.165) is 72.8 Å². The number of benzene rings is 1. The molecule has 1 unspecified atom stereocenters. The molecular formula is C22H31N5. The summed E-state index contributed by atoms with van der Waals surface area (Å²) in [6.07, 6.45) is 5.29. The molecule has 1 aromatic carbocycles. The number of allylic oxidation sites excluding steroid dienone is 2. The number of rotatable bonds is 4. The van der Waals surface area contributed by atoms with E-state index in [1.54, 1.807) is 0 Å². The van der Waals surface area contributed by atoms with E-state index >= 15 is 0 Å². The molecule has 2 aliphatic rings. The van der Waals surface area contributed by atoms with Gasteiger partial charge >= 0.3 is 0 Å². The van der Waals surface area contributed by atoms with Crippen LogP contribution < -0.4 is 11.5 Å². The highest BCUT2D eigenvalue weighted by Crippen LogP contribution is 2.29. The summed E-state index contributed by atoms with van der Waals surface area (Å²) < 4.78 is 0. The van der Waals surface area contributed by atoms with Crippen LogP contribution in [0.25, 0.3) is 5.70 Å². The zero-order valence-electron chi connectivity index (χ0n) is 16.8. The van der Waals surface area contributed by atoms with Gasteiger partial charge in [0.05, 0.1) is 11.6 Å². The van der Waals surface area contributed by atoms with Crippen LogP contribution in [0.1, 0.15) is 48.4 Å². The maximum Gasteiger partial charge on any atom is 0.102 e. The van der Waals surface area contributed by atoms with Gasteiger partial charge in [-0.3, -0.25) is 0 Å². The Kier molecular flexibility index (Phi) is 5.76. The molecule has 0 saturated carbocycles. The van der Waals surface area contributed by atoms with Crippen molar-refractivity contribution in [1.29, 1.82) is 5.26 Å². The smallest absolute Gasteiger partial charge is 0.102 e. The van der Waals surface area contributed by atoms with Gasteiger partial charge in [0.1, 0.15) is 5.82 Å². The molecule has 1 atom stereocenters. The van der Waals surface area contributed by atoms with E-state index in [1.807, 2.05) is 26.0 Å². The lowest BCUT2D eigenvalue weighted by molar-refractivity contribution is 0.226. The summed E-state index contributed by atoms with van der Waals surface area (Å²) in [5.41, 5.74) is 18.7. The summed E-state index contributed by atoms with van der Waals surface area (Å²) in [5, 5.41) is 9.15. The highest BCUT2D eigenvalue weighted by atomic mass is 15.3. The molecule has 0 radical (unpaired) electrons. The average Bonchev–Trinajstić information content (AvgIpc) is 3.11. The lowest BCUT2D eigenvalue weighted by Gasteiger charge is -2.36. The Morgan fingerprint density at radius 1 is 1.30 bits per heavy atom. The lowest BCUT2D eigenvalue weighted by Crippen LogP contribution is -2.42. The van der Waals surface area contributed by atoms with Crippen molar-refractivity contribution in [3.8, 4) is 6.07 Å². The number of hydrogen-bond donors (Lipinski definition) is 2. The van der Waals surface area contributed by atoms with E-state index in [0.29, 0.717) is 11.6 Å². The second-order valence-corrected chi connectivity index (χ2v) is 7.74. The lowest BCUT2D eigenvalue weighted by atomic mass is 9.95. The van der Waals surface area contributed by atoms with Gasteiger partial charge in [0.15, 0.2) is 0 Å². The maximum atomic E-state index is 9.15. The number of nitrogens with two attached hydrogens (primary N) is 2. The summed E-state index contributed by atoms with van der Waals surface area (Å²) >= 11 is 0. The van der Waals surface area contributed by atoms with Crippen LogP contribution in [-0.4, -0.2) is 42.0 Å². The third-order valence-electron chi connectivity index (χ3n) is 5.90. The first-order valence-corrected chi connectivity index (χ1v) is 9.91. The van der Waals surface area contributed by atoms with Crippen molar-refractivity contribution in [1.82, 2.24) is 9.80 Å². The minimum Gasteiger partial charge on any atom is -0.398 e. The molecular weight excluding hydrogens is 334 g/mol. The zero-order valence-corrected chi connectivity index (χ0v) is 16.8. The Morgan fingerprint density at radius 3 is 2.59 bits per heavy atom. The number of hydrogen-bond acceptors (Lipinski definition) is 5. The molecule has 1 saturated heterocycles. The fourth-order valence-corrected chi connectivity index (χ4v) is 4.50. The number of likely N-dealkylation sites (N-methyl/N-ethyl adjacent to an activating group) is 1. The SMILES string of the molecule is CCN1CCC(N2CCCC(/C=C(\N)c3c(C)cc(C#N)cc3C)=C2N)C1. The molecule has 0 amide bonds. The third kappa shape index (κ3) is 3.96. The first kappa shape index (κ1) is 19.3. The van der Waals surface area contributed by atoms with Crippen molar-refractivity contribution in [2.24, 2.45) is 11.5 Å². The Hall–Kier alpha value is -2.45. The van der Waals surface area contributed by atoms with E-state index in [4.69, 9.17) is 16.7 Å². The maximum absolute atomic E-state index is 9.15. The molecule has 5 heteroatoms. The van der Waals surface area contributed by atoms with Gasteiger partial charge in [0.25, 0.3) is 0 Å². The topological polar surface area (TPSA) is 82.3 Å². The standard InChI is InChI=1S/C22H31N5/c1-4-26-9-7-19(14-26)27-8-5-6-18(22(27)25)12-20(24)21-15(2)10-17(13-23)11-16(21)3/h10-12,19H,4-9,14,24-25H2,1-3H3/b20-12-. The first-order valence-electron chi connectivity index (χ1n) is 9.91. The normalized spacial score (nSPS) is 21.6. The molecule has 0 spiro atoms. The second-order valence-electron chi connectivity index (χ2n) is 7.74. The summed E-state index contributed by atoms with van der Waals surface area (Å²) in [5.74, 6) is 0.885. The van der Waals surface area contributed by atoms with Gasteiger partial charge in [-0.2, -0.15) is 5.26 Å². The summed E-state index contributed by atoms with van der Waals surface area (Å²) in [7, 11) is 0. The second kappa shape index (κ2) is 8.06. The molecule has 1 aromatic rings. The van der Waals surface area contributed by atoms with Gasteiger partial charge in [-0.05, 0) is 74.6 Å². The van der Waals surface area contributed by atoms with E-state index in [-0.39, 0.29) is 0 Å². The molecule has 4 N–H and O–H groups in total. The van der Waals surface area contributed by atoms with Crippen molar-refractivity contribution < 1.29 is 0 Å². The first-order chi connectivity index (χ1) is 12.9. The Bertz CT molecular complexity index is 791. The van der Waals surface area contributed by atoms with Crippen LogP contribution >= 0.6 is 0 Å². The zero-order chi connectivity index (χ0) is 19.6. The number of aryl methyl sites for hydroxylation is 2. The summed E-state index contributed by atoms with van der Waals surface area (Å²) in [4.78, 5) is 4.87. The fourth-order valence-electron chi connectivity index (χ4n) is 4.50. The molecule has 0 aromatic heterocycles. The van der Waals surface area contributed by atoms with Crippen molar-refractivity contribution in [3.63, 3.8) is 0 Å². The van der Waals surface area contributed by atoms with Gasteiger partial charge in [0.2, 0.25) is 0 Å². The quantitative estimate of drug-likeness (QED) is 0.857. The number of likely N-dealkylation sites (tertiary alicyclic amines) is 1. The third-order valence-corrected chi connectivity index (χ3v) is 5.90. The molecule has 5 nitrogen and oxygen atoms in total. The molecule has 0 aliphatic carbocycles. The minimum atomic E-state index is 0.508. The van der Waals surface area contributed by atoms with E-state index in [2.05, 4.69) is 28.9 Å². The van der Waals surface area contributed by atoms with Gasteiger partial charge in [-0.1, -0.05) is 6.92 Å². The molecule has 144 valence electrons.